The average molecular weight is 297 g/mol. The van der Waals surface area contributed by atoms with Gasteiger partial charge in [0.05, 0.1) is 16.7 Å². The third-order valence-corrected chi connectivity index (χ3v) is 4.14. The molecule has 1 aliphatic rings. The molecule has 0 aliphatic carbocycles. The number of nitro groups is 1. The van der Waals surface area contributed by atoms with Gasteiger partial charge in [-0.15, -0.1) is 0 Å². The summed E-state index contributed by atoms with van der Waals surface area (Å²) < 4.78 is 19.3. The Labute approximate surface area is 123 Å². The highest BCUT2D eigenvalue weighted by Gasteiger charge is 2.34. The van der Waals surface area contributed by atoms with Crippen LogP contribution < -0.4 is 5.32 Å². The number of nitrogens with zero attached hydrogens (tertiary/aromatic N) is 2. The van der Waals surface area contributed by atoms with Crippen LogP contribution in [0.4, 0.5) is 15.8 Å². The Bertz CT molecular complexity index is 516. The van der Waals surface area contributed by atoms with Crippen molar-refractivity contribution >= 4 is 11.4 Å². The van der Waals surface area contributed by atoms with Crippen LogP contribution in [0.15, 0.2) is 18.2 Å². The summed E-state index contributed by atoms with van der Waals surface area (Å²) in [7, 11) is 4.00. The van der Waals surface area contributed by atoms with Crippen molar-refractivity contribution in [3.8, 4) is 0 Å². The van der Waals surface area contributed by atoms with Crippen LogP contribution in [0.3, 0.4) is 0 Å². The minimum Gasteiger partial charge on any atom is -0.381 e. The lowest BCUT2D eigenvalue weighted by atomic mass is 9.88. The van der Waals surface area contributed by atoms with Gasteiger partial charge in [-0.05, 0) is 33.0 Å². The van der Waals surface area contributed by atoms with Gasteiger partial charge in [0.25, 0.3) is 5.69 Å². The fourth-order valence-corrected chi connectivity index (χ4v) is 2.55. The van der Waals surface area contributed by atoms with E-state index in [2.05, 4.69) is 10.2 Å². The molecular weight excluding hydrogens is 277 g/mol. The van der Waals surface area contributed by atoms with Crippen molar-refractivity contribution in [2.75, 3.05) is 39.2 Å². The summed E-state index contributed by atoms with van der Waals surface area (Å²) in [4.78, 5) is 12.1. The van der Waals surface area contributed by atoms with Gasteiger partial charge in [0.15, 0.2) is 5.82 Å². The normalized spacial score (nSPS) is 17.7. The van der Waals surface area contributed by atoms with Crippen LogP contribution in [0.2, 0.25) is 0 Å². The molecule has 1 heterocycles. The Kier molecular flexibility index (Phi) is 4.74. The van der Waals surface area contributed by atoms with Gasteiger partial charge in [-0.1, -0.05) is 0 Å². The molecule has 0 saturated carbocycles. The number of benzene rings is 1. The molecule has 1 N–H and O–H groups in total. The summed E-state index contributed by atoms with van der Waals surface area (Å²) in [5.74, 6) is -0.606. The van der Waals surface area contributed by atoms with Crippen molar-refractivity contribution in [1.29, 1.82) is 0 Å². The van der Waals surface area contributed by atoms with Gasteiger partial charge in [0.1, 0.15) is 0 Å². The van der Waals surface area contributed by atoms with Crippen LogP contribution in [0.25, 0.3) is 0 Å². The highest BCUT2D eigenvalue weighted by atomic mass is 19.1. The van der Waals surface area contributed by atoms with E-state index < -0.39 is 10.7 Å². The van der Waals surface area contributed by atoms with Crippen molar-refractivity contribution in [3.63, 3.8) is 0 Å². The summed E-state index contributed by atoms with van der Waals surface area (Å²) in [6, 6.07) is 3.66. The highest BCUT2D eigenvalue weighted by molar-refractivity contribution is 5.50. The second kappa shape index (κ2) is 6.36. The molecule has 0 amide bonds. The lowest BCUT2D eigenvalue weighted by Gasteiger charge is -2.43. The molecule has 116 valence electrons. The van der Waals surface area contributed by atoms with E-state index in [1.165, 1.54) is 12.1 Å². The molecule has 0 radical (unpaired) electrons. The van der Waals surface area contributed by atoms with Gasteiger partial charge in [-0.2, -0.15) is 0 Å². The molecule has 0 spiro atoms. The Balaban J connectivity index is 2.09. The first-order chi connectivity index (χ1) is 9.94. The van der Waals surface area contributed by atoms with Gasteiger partial charge in [0.2, 0.25) is 0 Å². The molecule has 1 fully saturated rings. The molecule has 6 nitrogen and oxygen atoms in total. The standard InChI is InChI=1S/C14H20FN3O3/c1-17(2)14(5-7-21-8-6-14)10-16-13-4-3-11(18(19)20)9-12(13)15/h3-4,9,16H,5-8,10H2,1-2H3. The summed E-state index contributed by atoms with van der Waals surface area (Å²) >= 11 is 0. The number of nitrogens with one attached hydrogen (secondary N) is 1. The summed E-state index contributed by atoms with van der Waals surface area (Å²) in [6.07, 6.45) is 1.73. The van der Waals surface area contributed by atoms with Crippen molar-refractivity contribution in [1.82, 2.24) is 4.90 Å². The topological polar surface area (TPSA) is 67.6 Å². The fraction of sp³-hybridized carbons (Fsp3) is 0.571. The van der Waals surface area contributed by atoms with E-state index in [-0.39, 0.29) is 16.9 Å². The molecule has 1 saturated heterocycles. The maximum absolute atomic E-state index is 13.9. The summed E-state index contributed by atoms with van der Waals surface area (Å²) in [6.45, 7) is 1.93. The van der Waals surface area contributed by atoms with E-state index in [0.717, 1.165) is 18.9 Å². The minimum absolute atomic E-state index is 0.0908. The maximum Gasteiger partial charge on any atom is 0.272 e. The van der Waals surface area contributed by atoms with E-state index in [0.29, 0.717) is 19.8 Å². The molecule has 21 heavy (non-hydrogen) atoms. The highest BCUT2D eigenvalue weighted by Crippen LogP contribution is 2.27. The number of hydrogen-bond acceptors (Lipinski definition) is 5. The number of halogens is 1. The van der Waals surface area contributed by atoms with Crippen LogP contribution in [-0.4, -0.2) is 49.2 Å². The molecule has 0 unspecified atom stereocenters. The van der Waals surface area contributed by atoms with Gasteiger partial charge >= 0.3 is 0 Å². The van der Waals surface area contributed by atoms with E-state index in [1.54, 1.807) is 0 Å². The molecule has 1 aromatic carbocycles. The van der Waals surface area contributed by atoms with Crippen LogP contribution in [0.1, 0.15) is 12.8 Å². The third-order valence-electron chi connectivity index (χ3n) is 4.14. The molecule has 1 aromatic rings. The van der Waals surface area contributed by atoms with Crippen molar-refractivity contribution in [2.24, 2.45) is 0 Å². The number of rotatable bonds is 5. The number of non-ortho nitro benzene ring substituents is 1. The molecule has 7 heteroatoms. The predicted molar refractivity (Wildman–Crippen MR) is 78.0 cm³/mol. The third kappa shape index (κ3) is 3.48. The zero-order valence-corrected chi connectivity index (χ0v) is 12.3. The van der Waals surface area contributed by atoms with Crippen LogP contribution in [0.5, 0.6) is 0 Å². The lowest BCUT2D eigenvalue weighted by Crippen LogP contribution is -2.53. The number of ether oxygens (including phenoxy) is 1. The molecule has 2 rings (SSSR count). The van der Waals surface area contributed by atoms with Crippen molar-refractivity contribution in [3.05, 3.63) is 34.1 Å². The minimum atomic E-state index is -0.606. The zero-order chi connectivity index (χ0) is 15.5. The van der Waals surface area contributed by atoms with E-state index in [9.17, 15) is 14.5 Å². The van der Waals surface area contributed by atoms with Gasteiger partial charge < -0.3 is 15.0 Å². The average Bonchev–Trinajstić information content (AvgIpc) is 2.46. The smallest absolute Gasteiger partial charge is 0.272 e. The fourth-order valence-electron chi connectivity index (χ4n) is 2.55. The second-order valence-electron chi connectivity index (χ2n) is 5.51. The Hall–Kier alpha value is -1.73. The Morgan fingerprint density at radius 2 is 2.10 bits per heavy atom. The lowest BCUT2D eigenvalue weighted by molar-refractivity contribution is -0.385. The number of anilines is 1. The van der Waals surface area contributed by atoms with Gasteiger partial charge in [-0.25, -0.2) is 4.39 Å². The molecular formula is C14H20FN3O3. The SMILES string of the molecule is CN(C)C1(CNc2ccc([N+](=O)[O-])cc2F)CCOCC1. The molecule has 0 atom stereocenters. The zero-order valence-electron chi connectivity index (χ0n) is 12.3. The van der Waals surface area contributed by atoms with E-state index in [1.807, 2.05) is 14.1 Å². The van der Waals surface area contributed by atoms with Crippen LogP contribution >= 0.6 is 0 Å². The predicted octanol–water partition coefficient (Wildman–Crippen LogP) is 2.26. The Morgan fingerprint density at radius 3 is 2.62 bits per heavy atom. The molecule has 1 aliphatic heterocycles. The first-order valence-electron chi connectivity index (χ1n) is 6.88. The molecule has 0 aromatic heterocycles. The largest absolute Gasteiger partial charge is 0.381 e. The number of hydrogen-bond donors (Lipinski definition) is 1. The van der Waals surface area contributed by atoms with E-state index >= 15 is 0 Å². The van der Waals surface area contributed by atoms with Crippen molar-refractivity contribution < 1.29 is 14.1 Å². The maximum atomic E-state index is 13.9. The van der Waals surface area contributed by atoms with Crippen LogP contribution in [0, 0.1) is 15.9 Å². The monoisotopic (exact) mass is 297 g/mol. The first-order valence-corrected chi connectivity index (χ1v) is 6.88. The summed E-state index contributed by atoms with van der Waals surface area (Å²) in [5, 5.41) is 13.7. The number of nitro benzene ring substituents is 1. The van der Waals surface area contributed by atoms with Crippen molar-refractivity contribution in [2.45, 2.75) is 18.4 Å². The quantitative estimate of drug-likeness (QED) is 0.667. The van der Waals surface area contributed by atoms with E-state index in [4.69, 9.17) is 4.74 Å². The van der Waals surface area contributed by atoms with Gasteiger partial charge in [-0.3, -0.25) is 10.1 Å². The van der Waals surface area contributed by atoms with Gasteiger partial charge in [0, 0.05) is 31.4 Å². The molecule has 0 bridgehead atoms. The first kappa shape index (κ1) is 15.7. The second-order valence-corrected chi connectivity index (χ2v) is 5.51. The van der Waals surface area contributed by atoms with Crippen LogP contribution in [-0.2, 0) is 4.74 Å². The number of likely N-dealkylation sites (N-methyl/N-ethyl adjacent to an activating group) is 1. The Morgan fingerprint density at radius 1 is 1.43 bits per heavy atom. The summed E-state index contributed by atoms with van der Waals surface area (Å²) in [5.41, 5.74) is -0.0494.